The summed E-state index contributed by atoms with van der Waals surface area (Å²) in [5.41, 5.74) is 3.15. The topological polar surface area (TPSA) is 50.7 Å². The molecule has 21 heavy (non-hydrogen) atoms. The number of halogens is 1. The van der Waals surface area contributed by atoms with Crippen molar-refractivity contribution in [2.24, 2.45) is 0 Å². The number of nitrogens with one attached hydrogen (secondary N) is 1. The normalized spacial score (nSPS) is 10.7. The van der Waals surface area contributed by atoms with Crippen LogP contribution in [0.5, 0.6) is 0 Å². The van der Waals surface area contributed by atoms with Gasteiger partial charge in [0.15, 0.2) is 5.82 Å². The molecular weight excluding hydrogens is 375 g/mol. The van der Waals surface area contributed by atoms with Crippen molar-refractivity contribution < 1.29 is 0 Å². The highest BCUT2D eigenvalue weighted by atomic mass is 127. The molecule has 2 heterocycles. The standard InChI is InChI=1S/C16H21IN4/c1-4-9-19-15-13(17)12(6-3)20-16(21-15)14-11(5-2)8-7-10-18-14/h7-8,10H,4-6,9H2,1-3H3,(H,19,20,21). The van der Waals surface area contributed by atoms with Crippen molar-refractivity contribution in [3.05, 3.63) is 33.2 Å². The number of hydrogen-bond donors (Lipinski definition) is 1. The van der Waals surface area contributed by atoms with E-state index in [1.165, 1.54) is 5.56 Å². The molecule has 0 radical (unpaired) electrons. The highest BCUT2D eigenvalue weighted by Gasteiger charge is 2.14. The van der Waals surface area contributed by atoms with Gasteiger partial charge in [-0.25, -0.2) is 9.97 Å². The summed E-state index contributed by atoms with van der Waals surface area (Å²) in [5.74, 6) is 1.65. The third-order valence-corrected chi connectivity index (χ3v) is 4.41. The summed E-state index contributed by atoms with van der Waals surface area (Å²) in [6.45, 7) is 7.32. The molecule has 0 amide bonds. The van der Waals surface area contributed by atoms with Crippen molar-refractivity contribution in [3.8, 4) is 11.5 Å². The van der Waals surface area contributed by atoms with Crippen LogP contribution in [0.4, 0.5) is 5.82 Å². The summed E-state index contributed by atoms with van der Waals surface area (Å²) in [4.78, 5) is 13.9. The molecule has 0 aliphatic carbocycles. The Bertz CT molecular complexity index is 613. The first kappa shape index (κ1) is 16.1. The first-order valence-corrected chi connectivity index (χ1v) is 8.53. The van der Waals surface area contributed by atoms with E-state index in [1.807, 2.05) is 6.07 Å². The third-order valence-electron chi connectivity index (χ3n) is 3.28. The maximum absolute atomic E-state index is 4.72. The van der Waals surface area contributed by atoms with E-state index in [9.17, 15) is 0 Å². The fourth-order valence-electron chi connectivity index (χ4n) is 2.12. The minimum atomic E-state index is 0.725. The summed E-state index contributed by atoms with van der Waals surface area (Å²) in [6.07, 6.45) is 4.70. The van der Waals surface area contributed by atoms with E-state index in [0.29, 0.717) is 0 Å². The van der Waals surface area contributed by atoms with Gasteiger partial charge in [0.2, 0.25) is 0 Å². The van der Waals surface area contributed by atoms with Gasteiger partial charge in [-0.15, -0.1) is 0 Å². The lowest BCUT2D eigenvalue weighted by molar-refractivity contribution is 0.937. The van der Waals surface area contributed by atoms with Crippen LogP contribution in [-0.4, -0.2) is 21.5 Å². The molecule has 2 aromatic rings. The summed E-state index contributed by atoms with van der Waals surface area (Å²) in [5, 5.41) is 3.40. The average molecular weight is 396 g/mol. The fraction of sp³-hybridized carbons (Fsp3) is 0.438. The van der Waals surface area contributed by atoms with Crippen LogP contribution in [-0.2, 0) is 12.8 Å². The molecule has 0 saturated heterocycles. The molecule has 0 aliphatic rings. The lowest BCUT2D eigenvalue weighted by Crippen LogP contribution is -2.09. The molecule has 0 aliphatic heterocycles. The Hall–Kier alpha value is -1.24. The molecule has 112 valence electrons. The maximum Gasteiger partial charge on any atom is 0.180 e. The highest BCUT2D eigenvalue weighted by Crippen LogP contribution is 2.25. The van der Waals surface area contributed by atoms with Crippen molar-refractivity contribution in [1.82, 2.24) is 15.0 Å². The summed E-state index contributed by atoms with van der Waals surface area (Å²) >= 11 is 2.33. The Morgan fingerprint density at radius 2 is 1.95 bits per heavy atom. The molecule has 0 saturated carbocycles. The minimum Gasteiger partial charge on any atom is -0.369 e. The lowest BCUT2D eigenvalue weighted by atomic mass is 10.1. The molecule has 0 spiro atoms. The second kappa shape index (κ2) is 7.68. The van der Waals surface area contributed by atoms with E-state index in [0.717, 1.165) is 52.4 Å². The molecule has 0 unspecified atom stereocenters. The van der Waals surface area contributed by atoms with Crippen LogP contribution < -0.4 is 5.32 Å². The van der Waals surface area contributed by atoms with Crippen LogP contribution in [0.2, 0.25) is 0 Å². The number of pyridine rings is 1. The Kier molecular flexibility index (Phi) is 5.90. The van der Waals surface area contributed by atoms with E-state index in [4.69, 9.17) is 9.97 Å². The largest absolute Gasteiger partial charge is 0.369 e. The summed E-state index contributed by atoms with van der Waals surface area (Å²) < 4.78 is 1.11. The van der Waals surface area contributed by atoms with Gasteiger partial charge in [0, 0.05) is 12.7 Å². The lowest BCUT2D eigenvalue weighted by Gasteiger charge is -2.13. The zero-order valence-electron chi connectivity index (χ0n) is 12.8. The van der Waals surface area contributed by atoms with E-state index < -0.39 is 0 Å². The second-order valence-corrected chi connectivity index (χ2v) is 5.88. The van der Waals surface area contributed by atoms with Gasteiger partial charge in [-0.1, -0.05) is 26.8 Å². The van der Waals surface area contributed by atoms with Crippen LogP contribution in [0.25, 0.3) is 11.5 Å². The van der Waals surface area contributed by atoms with Gasteiger partial charge in [-0.2, -0.15) is 0 Å². The van der Waals surface area contributed by atoms with Gasteiger partial charge in [-0.05, 0) is 53.5 Å². The van der Waals surface area contributed by atoms with Gasteiger partial charge in [0.25, 0.3) is 0 Å². The predicted molar refractivity (Wildman–Crippen MR) is 95.5 cm³/mol. The fourth-order valence-corrected chi connectivity index (χ4v) is 2.93. The van der Waals surface area contributed by atoms with E-state index >= 15 is 0 Å². The SMILES string of the molecule is CCCNc1nc(-c2ncccc2CC)nc(CC)c1I. The Balaban J connectivity index is 2.53. The molecule has 0 fully saturated rings. The molecule has 2 aromatic heterocycles. The van der Waals surface area contributed by atoms with Crippen molar-refractivity contribution in [1.29, 1.82) is 0 Å². The highest BCUT2D eigenvalue weighted by molar-refractivity contribution is 14.1. The van der Waals surface area contributed by atoms with Crippen LogP contribution in [0.3, 0.4) is 0 Å². The molecule has 0 bridgehead atoms. The van der Waals surface area contributed by atoms with Crippen molar-refractivity contribution in [2.75, 3.05) is 11.9 Å². The first-order valence-electron chi connectivity index (χ1n) is 7.45. The number of nitrogens with zero attached hydrogens (tertiary/aromatic N) is 3. The zero-order valence-corrected chi connectivity index (χ0v) is 14.9. The van der Waals surface area contributed by atoms with Gasteiger partial charge >= 0.3 is 0 Å². The number of aromatic nitrogens is 3. The zero-order chi connectivity index (χ0) is 15.2. The van der Waals surface area contributed by atoms with E-state index in [2.05, 4.69) is 59.7 Å². The predicted octanol–water partition coefficient (Wildman–Crippen LogP) is 4.09. The Labute approximate surface area is 140 Å². The van der Waals surface area contributed by atoms with Gasteiger partial charge < -0.3 is 5.32 Å². The van der Waals surface area contributed by atoms with Crippen LogP contribution in [0.15, 0.2) is 18.3 Å². The molecule has 1 N–H and O–H groups in total. The first-order chi connectivity index (χ1) is 10.2. The summed E-state index contributed by atoms with van der Waals surface area (Å²) in [6, 6.07) is 4.06. The number of aryl methyl sites for hydroxylation is 2. The Morgan fingerprint density at radius 1 is 1.14 bits per heavy atom. The average Bonchev–Trinajstić information content (AvgIpc) is 2.53. The van der Waals surface area contributed by atoms with Gasteiger partial charge in [-0.3, -0.25) is 4.98 Å². The maximum atomic E-state index is 4.72. The van der Waals surface area contributed by atoms with Crippen molar-refractivity contribution in [2.45, 2.75) is 40.0 Å². The molecule has 2 rings (SSSR count). The van der Waals surface area contributed by atoms with Crippen LogP contribution >= 0.6 is 22.6 Å². The second-order valence-electron chi connectivity index (χ2n) is 4.80. The molecule has 0 aromatic carbocycles. The molecule has 0 atom stereocenters. The van der Waals surface area contributed by atoms with Gasteiger partial charge in [0.05, 0.1) is 9.26 Å². The molecule has 4 nitrogen and oxygen atoms in total. The number of anilines is 1. The number of hydrogen-bond acceptors (Lipinski definition) is 4. The minimum absolute atomic E-state index is 0.725. The quantitative estimate of drug-likeness (QED) is 0.748. The Morgan fingerprint density at radius 3 is 2.62 bits per heavy atom. The van der Waals surface area contributed by atoms with Crippen molar-refractivity contribution >= 4 is 28.4 Å². The van der Waals surface area contributed by atoms with Gasteiger partial charge in [0.1, 0.15) is 11.5 Å². The smallest absolute Gasteiger partial charge is 0.180 e. The van der Waals surface area contributed by atoms with E-state index in [-0.39, 0.29) is 0 Å². The van der Waals surface area contributed by atoms with Crippen LogP contribution in [0.1, 0.15) is 38.4 Å². The molecular formula is C16H21IN4. The van der Waals surface area contributed by atoms with Crippen LogP contribution in [0, 0.1) is 3.57 Å². The monoisotopic (exact) mass is 396 g/mol. The van der Waals surface area contributed by atoms with E-state index in [1.54, 1.807) is 6.20 Å². The molecule has 5 heteroatoms. The van der Waals surface area contributed by atoms with Crippen molar-refractivity contribution in [3.63, 3.8) is 0 Å². The summed E-state index contributed by atoms with van der Waals surface area (Å²) in [7, 11) is 0. The third kappa shape index (κ3) is 3.70. The number of rotatable bonds is 6.